The highest BCUT2D eigenvalue weighted by atomic mass is 32.2. The summed E-state index contributed by atoms with van der Waals surface area (Å²) in [6.07, 6.45) is 1.89. The number of amides is 1. The topological polar surface area (TPSA) is 72.7 Å². The molecule has 146 valence electrons. The third-order valence-corrected chi connectivity index (χ3v) is 5.50. The van der Waals surface area contributed by atoms with Crippen LogP contribution in [0.25, 0.3) is 5.69 Å². The summed E-state index contributed by atoms with van der Waals surface area (Å²) in [6, 6.07) is 18.0. The third-order valence-electron chi connectivity index (χ3n) is 4.47. The average Bonchev–Trinajstić information content (AvgIpc) is 3.17. The Kier molecular flexibility index (Phi) is 6.81. The number of thioether (sulfide) groups is 1. The van der Waals surface area contributed by atoms with Gasteiger partial charge in [-0.1, -0.05) is 73.1 Å². The van der Waals surface area contributed by atoms with Crippen molar-refractivity contribution in [1.29, 1.82) is 0 Å². The molecule has 1 N–H and O–H groups in total. The lowest BCUT2D eigenvalue weighted by Crippen LogP contribution is -2.34. The fourth-order valence-electron chi connectivity index (χ4n) is 2.90. The molecule has 0 radical (unpaired) electrons. The van der Waals surface area contributed by atoms with Crippen molar-refractivity contribution in [2.45, 2.75) is 50.1 Å². The van der Waals surface area contributed by atoms with E-state index < -0.39 is 0 Å². The Morgan fingerprint density at radius 1 is 1.14 bits per heavy atom. The van der Waals surface area contributed by atoms with Crippen LogP contribution in [0.4, 0.5) is 0 Å². The number of nitrogens with zero attached hydrogens (tertiary/aromatic N) is 4. The molecule has 2 atom stereocenters. The van der Waals surface area contributed by atoms with Crippen molar-refractivity contribution < 1.29 is 4.79 Å². The number of aromatic nitrogens is 4. The van der Waals surface area contributed by atoms with Crippen LogP contribution in [-0.4, -0.2) is 31.4 Å². The molecular formula is C21H25N5OS. The van der Waals surface area contributed by atoms with Crippen LogP contribution in [-0.2, 0) is 4.79 Å². The molecule has 0 saturated carbocycles. The van der Waals surface area contributed by atoms with E-state index in [0.717, 1.165) is 24.1 Å². The van der Waals surface area contributed by atoms with Gasteiger partial charge in [0.05, 0.1) is 17.0 Å². The molecule has 2 aromatic carbocycles. The lowest BCUT2D eigenvalue weighted by molar-refractivity contribution is -0.121. The number of benzene rings is 2. The van der Waals surface area contributed by atoms with E-state index in [0.29, 0.717) is 5.16 Å². The second kappa shape index (κ2) is 9.50. The molecule has 0 aliphatic rings. The molecule has 1 heterocycles. The van der Waals surface area contributed by atoms with E-state index in [1.807, 2.05) is 56.3 Å². The van der Waals surface area contributed by atoms with Gasteiger partial charge >= 0.3 is 0 Å². The second-order valence-corrected chi connectivity index (χ2v) is 8.04. The van der Waals surface area contributed by atoms with Crippen molar-refractivity contribution in [1.82, 2.24) is 25.5 Å². The maximum Gasteiger partial charge on any atom is 0.233 e. The van der Waals surface area contributed by atoms with Crippen molar-refractivity contribution >= 4 is 17.7 Å². The Morgan fingerprint density at radius 2 is 1.86 bits per heavy atom. The van der Waals surface area contributed by atoms with E-state index in [9.17, 15) is 4.79 Å². The molecule has 1 amide bonds. The van der Waals surface area contributed by atoms with Crippen LogP contribution in [0.2, 0.25) is 0 Å². The van der Waals surface area contributed by atoms with Crippen LogP contribution in [0.5, 0.6) is 0 Å². The van der Waals surface area contributed by atoms with E-state index in [1.54, 1.807) is 4.68 Å². The predicted octanol–water partition coefficient (Wildman–Crippen LogP) is 4.11. The van der Waals surface area contributed by atoms with Crippen LogP contribution in [0.1, 0.15) is 43.9 Å². The summed E-state index contributed by atoms with van der Waals surface area (Å²) in [5.74, 6) is -0.0224. The third kappa shape index (κ3) is 4.98. The van der Waals surface area contributed by atoms with Gasteiger partial charge in [0.1, 0.15) is 0 Å². The van der Waals surface area contributed by atoms with Gasteiger partial charge in [0.15, 0.2) is 0 Å². The first kappa shape index (κ1) is 20.1. The van der Waals surface area contributed by atoms with Crippen LogP contribution in [0, 0.1) is 6.92 Å². The summed E-state index contributed by atoms with van der Waals surface area (Å²) in [6.45, 7) is 6.03. The summed E-state index contributed by atoms with van der Waals surface area (Å²) in [7, 11) is 0. The summed E-state index contributed by atoms with van der Waals surface area (Å²) >= 11 is 1.35. The van der Waals surface area contributed by atoms with Crippen LogP contribution in [0.3, 0.4) is 0 Å². The van der Waals surface area contributed by atoms with Crippen molar-refractivity contribution in [3.63, 3.8) is 0 Å². The molecule has 28 heavy (non-hydrogen) atoms. The first-order valence-electron chi connectivity index (χ1n) is 9.46. The quantitative estimate of drug-likeness (QED) is 0.581. The normalized spacial score (nSPS) is 13.1. The zero-order valence-corrected chi connectivity index (χ0v) is 17.2. The molecule has 0 spiro atoms. The van der Waals surface area contributed by atoms with E-state index in [-0.39, 0.29) is 17.2 Å². The fourth-order valence-corrected chi connectivity index (χ4v) is 3.71. The molecular weight excluding hydrogens is 370 g/mol. The van der Waals surface area contributed by atoms with Gasteiger partial charge in [-0.15, -0.1) is 5.10 Å². The number of carbonyl (C=O) groups is 1. The number of nitrogens with one attached hydrogen (secondary N) is 1. The van der Waals surface area contributed by atoms with E-state index in [1.165, 1.54) is 17.3 Å². The molecule has 0 unspecified atom stereocenters. The summed E-state index contributed by atoms with van der Waals surface area (Å²) in [4.78, 5) is 12.8. The van der Waals surface area contributed by atoms with Gasteiger partial charge in [0.2, 0.25) is 11.1 Å². The van der Waals surface area contributed by atoms with Crippen molar-refractivity contribution in [2.75, 3.05) is 0 Å². The van der Waals surface area contributed by atoms with Crippen LogP contribution < -0.4 is 5.32 Å². The van der Waals surface area contributed by atoms with E-state index in [4.69, 9.17) is 0 Å². The average molecular weight is 396 g/mol. The van der Waals surface area contributed by atoms with Gasteiger partial charge in [-0.05, 0) is 48.4 Å². The van der Waals surface area contributed by atoms with Gasteiger partial charge in [-0.2, -0.15) is 4.68 Å². The Balaban J connectivity index is 1.69. The highest BCUT2D eigenvalue weighted by Crippen LogP contribution is 2.25. The van der Waals surface area contributed by atoms with Gasteiger partial charge in [0, 0.05) is 0 Å². The Hall–Kier alpha value is -2.67. The van der Waals surface area contributed by atoms with Crippen molar-refractivity contribution in [2.24, 2.45) is 0 Å². The number of tetrazole rings is 1. The number of aryl methyl sites for hydroxylation is 1. The molecule has 3 aromatic rings. The standard InChI is InChI=1S/C21H25N5OS/c1-4-8-19(17-9-6-5-7-10-17)22-20(27)16(3)28-21-23-24-25-26(21)18-13-11-15(2)12-14-18/h5-7,9-14,16,19H,4,8H2,1-3H3,(H,22,27)/t16-,19+/m0/s1. The summed E-state index contributed by atoms with van der Waals surface area (Å²) < 4.78 is 1.66. The van der Waals surface area contributed by atoms with E-state index in [2.05, 4.69) is 39.9 Å². The molecule has 3 rings (SSSR count). The predicted molar refractivity (Wildman–Crippen MR) is 111 cm³/mol. The van der Waals surface area contributed by atoms with Crippen LogP contribution in [0.15, 0.2) is 59.8 Å². The molecule has 6 nitrogen and oxygen atoms in total. The van der Waals surface area contributed by atoms with Crippen LogP contribution >= 0.6 is 11.8 Å². The lowest BCUT2D eigenvalue weighted by Gasteiger charge is -2.21. The minimum absolute atomic E-state index is 0.00911. The molecule has 0 saturated heterocycles. The molecule has 1 aromatic heterocycles. The second-order valence-electron chi connectivity index (χ2n) is 6.73. The maximum atomic E-state index is 12.8. The lowest BCUT2D eigenvalue weighted by atomic mass is 10.0. The van der Waals surface area contributed by atoms with Crippen molar-refractivity contribution in [3.8, 4) is 5.69 Å². The molecule has 0 aliphatic carbocycles. The van der Waals surface area contributed by atoms with Gasteiger partial charge in [0.25, 0.3) is 0 Å². The Labute approximate surface area is 169 Å². The zero-order valence-electron chi connectivity index (χ0n) is 16.4. The highest BCUT2D eigenvalue weighted by Gasteiger charge is 2.22. The number of rotatable bonds is 8. The SMILES string of the molecule is CCC[C@@H](NC(=O)[C@H](C)Sc1nnnn1-c1ccc(C)cc1)c1ccccc1. The van der Waals surface area contributed by atoms with Gasteiger partial charge < -0.3 is 5.32 Å². The molecule has 0 bridgehead atoms. The number of hydrogen-bond acceptors (Lipinski definition) is 5. The van der Waals surface area contributed by atoms with Gasteiger partial charge in [-0.3, -0.25) is 4.79 Å². The minimum Gasteiger partial charge on any atom is -0.348 e. The molecule has 7 heteroatoms. The first-order valence-corrected chi connectivity index (χ1v) is 10.3. The Morgan fingerprint density at radius 3 is 2.54 bits per heavy atom. The summed E-state index contributed by atoms with van der Waals surface area (Å²) in [5.41, 5.74) is 3.17. The highest BCUT2D eigenvalue weighted by molar-refractivity contribution is 8.00. The largest absolute Gasteiger partial charge is 0.348 e. The van der Waals surface area contributed by atoms with Gasteiger partial charge in [-0.25, -0.2) is 0 Å². The van der Waals surface area contributed by atoms with Crippen molar-refractivity contribution in [3.05, 3.63) is 65.7 Å². The summed E-state index contributed by atoms with van der Waals surface area (Å²) in [5, 5.41) is 15.4. The zero-order chi connectivity index (χ0) is 19.9. The molecule has 0 aliphatic heterocycles. The molecule has 0 fully saturated rings. The first-order chi connectivity index (χ1) is 13.6. The monoisotopic (exact) mass is 395 g/mol. The fraction of sp³-hybridized carbons (Fsp3) is 0.333. The smallest absolute Gasteiger partial charge is 0.233 e. The maximum absolute atomic E-state index is 12.8. The number of hydrogen-bond donors (Lipinski definition) is 1. The Bertz CT molecular complexity index is 895. The van der Waals surface area contributed by atoms with E-state index >= 15 is 0 Å². The minimum atomic E-state index is -0.321. The number of carbonyl (C=O) groups excluding carboxylic acids is 1.